The minimum Gasteiger partial charge on any atom is -0.461 e. The topological polar surface area (TPSA) is 113 Å². The number of aliphatic hydroxyl groups is 1. The molecule has 216 valence electrons. The molecule has 3 aromatic heterocycles. The van der Waals surface area contributed by atoms with E-state index in [1.807, 2.05) is 24.8 Å². The van der Waals surface area contributed by atoms with Crippen LogP contribution >= 0.6 is 0 Å². The molecule has 41 heavy (non-hydrogen) atoms. The summed E-state index contributed by atoms with van der Waals surface area (Å²) in [7, 11) is 0. The smallest absolute Gasteiger partial charge is 0.319 e. The lowest BCUT2D eigenvalue weighted by atomic mass is 9.95. The zero-order chi connectivity index (χ0) is 28.4. The molecule has 10 nitrogen and oxygen atoms in total. The number of nitrogens with zero attached hydrogens (tertiary/aromatic N) is 6. The first-order chi connectivity index (χ1) is 19.7. The van der Waals surface area contributed by atoms with Gasteiger partial charge in [0, 0.05) is 23.7 Å². The third kappa shape index (κ3) is 4.50. The van der Waals surface area contributed by atoms with Crippen LogP contribution in [0, 0.1) is 19.7 Å². The van der Waals surface area contributed by atoms with Gasteiger partial charge in [0.05, 0.1) is 42.4 Å². The fourth-order valence-corrected chi connectivity index (χ4v) is 6.98. The molecule has 4 aromatic rings. The first-order valence-corrected chi connectivity index (χ1v) is 14.5. The molecule has 1 aromatic carbocycles. The number of halogens is 1. The van der Waals surface area contributed by atoms with Crippen LogP contribution in [0.3, 0.4) is 0 Å². The van der Waals surface area contributed by atoms with Crippen LogP contribution in [0.25, 0.3) is 33.1 Å². The Morgan fingerprint density at radius 3 is 2.73 bits per heavy atom. The monoisotopic (exact) mass is 561 g/mol. The van der Waals surface area contributed by atoms with Crippen LogP contribution in [-0.4, -0.2) is 92.3 Å². The zero-order valence-corrected chi connectivity index (χ0v) is 23.8. The van der Waals surface area contributed by atoms with Crippen molar-refractivity contribution >= 4 is 27.6 Å². The van der Waals surface area contributed by atoms with E-state index in [0.717, 1.165) is 60.8 Å². The number of ether oxygens (including phenoxy) is 2. The largest absolute Gasteiger partial charge is 0.461 e. The summed E-state index contributed by atoms with van der Waals surface area (Å²) in [6.07, 6.45) is 7.80. The molecule has 0 spiro atoms. The number of fused-ring (bicyclic) bond motifs is 3. The van der Waals surface area contributed by atoms with Crippen molar-refractivity contribution in [2.24, 2.45) is 0 Å². The predicted octanol–water partition coefficient (Wildman–Crippen LogP) is 3.92. The maximum Gasteiger partial charge on any atom is 0.319 e. The fourth-order valence-electron chi connectivity index (χ4n) is 6.98. The molecule has 0 aliphatic carbocycles. The van der Waals surface area contributed by atoms with Gasteiger partial charge in [-0.05, 0) is 76.7 Å². The molecule has 3 saturated heterocycles. The SMILES string of the molecule is Cc1cc2[nH]ncc2c(-c2ncc3c(N4CCOCC(C)(O)C4)nc(OCC45CCCN4CCC5)nc3c2F)c1C. The van der Waals surface area contributed by atoms with E-state index < -0.39 is 11.4 Å². The van der Waals surface area contributed by atoms with Crippen molar-refractivity contribution in [2.75, 3.05) is 50.9 Å². The minimum atomic E-state index is -1.10. The number of pyridine rings is 1. The molecule has 0 amide bonds. The maximum atomic E-state index is 16.7. The molecule has 1 atom stereocenters. The number of benzene rings is 1. The summed E-state index contributed by atoms with van der Waals surface area (Å²) in [5.41, 5.74) is 2.69. The number of rotatable bonds is 5. The fraction of sp³-hybridized carbons (Fsp3) is 0.533. The van der Waals surface area contributed by atoms with Crippen molar-refractivity contribution in [1.29, 1.82) is 0 Å². The number of H-pyrrole nitrogens is 1. The third-order valence-electron chi connectivity index (χ3n) is 9.18. The highest BCUT2D eigenvalue weighted by Crippen LogP contribution is 2.40. The number of aryl methyl sites for hydroxylation is 1. The summed E-state index contributed by atoms with van der Waals surface area (Å²) in [6, 6.07) is 2.14. The molecular weight excluding hydrogens is 525 g/mol. The van der Waals surface area contributed by atoms with Crippen molar-refractivity contribution in [3.63, 3.8) is 0 Å². The molecule has 3 aliphatic rings. The van der Waals surface area contributed by atoms with Crippen LogP contribution < -0.4 is 9.64 Å². The van der Waals surface area contributed by atoms with Crippen LogP contribution in [0.1, 0.15) is 43.7 Å². The highest BCUT2D eigenvalue weighted by Gasteiger charge is 2.45. The number of nitrogens with one attached hydrogen (secondary N) is 1. The Balaban J connectivity index is 1.37. The number of β-amino-alcohol motifs (C(OH)–C–C–N with tert-alkyl or cyclic N) is 1. The van der Waals surface area contributed by atoms with E-state index in [9.17, 15) is 5.11 Å². The molecule has 0 bridgehead atoms. The first-order valence-electron chi connectivity index (χ1n) is 14.5. The second-order valence-corrected chi connectivity index (χ2v) is 12.2. The van der Waals surface area contributed by atoms with Gasteiger partial charge in [0.15, 0.2) is 5.82 Å². The normalized spacial score (nSPS) is 22.9. The van der Waals surface area contributed by atoms with Gasteiger partial charge >= 0.3 is 6.01 Å². The van der Waals surface area contributed by atoms with Gasteiger partial charge in [-0.3, -0.25) is 15.0 Å². The van der Waals surface area contributed by atoms with E-state index in [-0.39, 0.29) is 35.9 Å². The first kappa shape index (κ1) is 26.5. The minimum absolute atomic E-state index is 0.00783. The molecule has 6 heterocycles. The zero-order valence-electron chi connectivity index (χ0n) is 23.8. The molecule has 3 fully saturated rings. The summed E-state index contributed by atoms with van der Waals surface area (Å²) in [5.74, 6) is -0.0538. The Bertz CT molecular complexity index is 1630. The van der Waals surface area contributed by atoms with Crippen molar-refractivity contribution in [3.8, 4) is 17.3 Å². The Hall–Kier alpha value is -3.41. The number of hydrogen-bond acceptors (Lipinski definition) is 9. The Morgan fingerprint density at radius 1 is 1.12 bits per heavy atom. The third-order valence-corrected chi connectivity index (χ3v) is 9.18. The molecular formula is C30H36FN7O3. The van der Waals surface area contributed by atoms with Crippen molar-refractivity contribution in [1.82, 2.24) is 30.0 Å². The van der Waals surface area contributed by atoms with Gasteiger partial charge < -0.3 is 19.5 Å². The number of hydrogen-bond donors (Lipinski definition) is 2. The van der Waals surface area contributed by atoms with E-state index in [1.54, 1.807) is 19.3 Å². The quantitative estimate of drug-likeness (QED) is 0.374. The molecule has 0 radical (unpaired) electrons. The summed E-state index contributed by atoms with van der Waals surface area (Å²) in [4.78, 5) is 18.5. The molecule has 0 saturated carbocycles. The maximum absolute atomic E-state index is 16.7. The van der Waals surface area contributed by atoms with Gasteiger partial charge in [-0.1, -0.05) is 0 Å². The highest BCUT2D eigenvalue weighted by molar-refractivity contribution is 5.99. The molecule has 3 aliphatic heterocycles. The van der Waals surface area contributed by atoms with Crippen LogP contribution in [0.5, 0.6) is 6.01 Å². The lowest BCUT2D eigenvalue weighted by Crippen LogP contribution is -2.44. The summed E-state index contributed by atoms with van der Waals surface area (Å²) < 4.78 is 28.7. The Kier molecular flexibility index (Phi) is 6.36. The summed E-state index contributed by atoms with van der Waals surface area (Å²) in [6.45, 7) is 9.68. The standard InChI is InChI=1S/C30H36FN7O3/c1-18-12-22-20(14-33-36-22)23(19(18)2)26-24(31)25-21(13-32-26)27(37-10-11-40-16-29(3,39)15-37)35-28(34-25)41-17-30-6-4-8-38(30)9-5-7-30/h12-14,39H,4-11,15-17H2,1-3H3,(H,33,36). The average molecular weight is 562 g/mol. The van der Waals surface area contributed by atoms with Gasteiger partial charge in [-0.2, -0.15) is 15.1 Å². The van der Waals surface area contributed by atoms with E-state index in [1.165, 1.54) is 0 Å². The van der Waals surface area contributed by atoms with Crippen LogP contribution in [-0.2, 0) is 4.74 Å². The average Bonchev–Trinajstić information content (AvgIpc) is 3.63. The molecule has 7 rings (SSSR count). The molecule has 1 unspecified atom stereocenters. The van der Waals surface area contributed by atoms with Gasteiger partial charge in [-0.15, -0.1) is 0 Å². The lowest BCUT2D eigenvalue weighted by molar-refractivity contribution is -0.0123. The lowest BCUT2D eigenvalue weighted by Gasteiger charge is -2.32. The second-order valence-electron chi connectivity index (χ2n) is 12.2. The molecule has 11 heteroatoms. The number of aromatic nitrogens is 5. The van der Waals surface area contributed by atoms with Crippen molar-refractivity contribution < 1.29 is 19.0 Å². The number of aromatic amines is 1. The van der Waals surface area contributed by atoms with Crippen LogP contribution in [0.15, 0.2) is 18.5 Å². The van der Waals surface area contributed by atoms with Crippen LogP contribution in [0.4, 0.5) is 10.2 Å². The predicted molar refractivity (Wildman–Crippen MR) is 154 cm³/mol. The molecule has 2 N–H and O–H groups in total. The van der Waals surface area contributed by atoms with E-state index in [4.69, 9.17) is 14.5 Å². The summed E-state index contributed by atoms with van der Waals surface area (Å²) in [5, 5.41) is 19.4. The number of anilines is 1. The van der Waals surface area contributed by atoms with E-state index >= 15 is 4.39 Å². The second kappa shape index (κ2) is 9.85. The van der Waals surface area contributed by atoms with Crippen LogP contribution in [0.2, 0.25) is 0 Å². The van der Waals surface area contributed by atoms with E-state index in [0.29, 0.717) is 36.5 Å². The van der Waals surface area contributed by atoms with Gasteiger partial charge in [0.2, 0.25) is 0 Å². The van der Waals surface area contributed by atoms with Gasteiger partial charge in [0.25, 0.3) is 0 Å². The van der Waals surface area contributed by atoms with Gasteiger partial charge in [0.1, 0.15) is 29.2 Å². The van der Waals surface area contributed by atoms with Gasteiger partial charge in [-0.25, -0.2) is 4.39 Å². The van der Waals surface area contributed by atoms with Crippen molar-refractivity contribution in [2.45, 2.75) is 57.6 Å². The van der Waals surface area contributed by atoms with E-state index in [2.05, 4.69) is 25.1 Å². The summed E-state index contributed by atoms with van der Waals surface area (Å²) >= 11 is 0. The Morgan fingerprint density at radius 2 is 1.93 bits per heavy atom. The van der Waals surface area contributed by atoms with Crippen molar-refractivity contribution in [3.05, 3.63) is 35.4 Å². The highest BCUT2D eigenvalue weighted by atomic mass is 19.1. The Labute approximate surface area is 237 Å².